The normalized spacial score (nSPS) is 17.8. The minimum absolute atomic E-state index is 0.230. The molecule has 1 aromatic heterocycles. The maximum Gasteiger partial charge on any atom is 0.279 e. The second kappa shape index (κ2) is 5.75. The summed E-state index contributed by atoms with van der Waals surface area (Å²) in [5.41, 5.74) is 1.61. The molecule has 0 amide bonds. The molecule has 0 unspecified atom stereocenters. The Labute approximate surface area is 108 Å². The van der Waals surface area contributed by atoms with Gasteiger partial charge < -0.3 is 5.32 Å². The number of rotatable bonds is 4. The van der Waals surface area contributed by atoms with E-state index in [1.807, 2.05) is 25.1 Å². The second-order valence-corrected chi connectivity index (χ2v) is 6.00. The van der Waals surface area contributed by atoms with Crippen LogP contribution >= 0.6 is 0 Å². The van der Waals surface area contributed by atoms with Crippen molar-refractivity contribution in [3.8, 4) is 0 Å². The van der Waals surface area contributed by atoms with Gasteiger partial charge in [-0.1, -0.05) is 6.07 Å². The smallest absolute Gasteiger partial charge is 0.279 e. The van der Waals surface area contributed by atoms with E-state index < -0.39 is 10.2 Å². The molecule has 2 N–H and O–H groups in total. The molecule has 18 heavy (non-hydrogen) atoms. The van der Waals surface area contributed by atoms with Gasteiger partial charge in [0.25, 0.3) is 10.2 Å². The number of pyridine rings is 1. The number of piperazine rings is 1. The molecule has 1 fully saturated rings. The van der Waals surface area contributed by atoms with Gasteiger partial charge >= 0.3 is 0 Å². The molecule has 7 heteroatoms. The van der Waals surface area contributed by atoms with Crippen LogP contribution in [0, 0.1) is 6.92 Å². The third-order valence-electron chi connectivity index (χ3n) is 2.80. The number of hydrogen-bond donors (Lipinski definition) is 2. The number of aromatic nitrogens is 1. The first kappa shape index (κ1) is 13.4. The quantitative estimate of drug-likeness (QED) is 0.783. The number of nitrogens with zero attached hydrogens (tertiary/aromatic N) is 2. The Morgan fingerprint density at radius 1 is 1.39 bits per heavy atom. The average Bonchev–Trinajstić information content (AvgIpc) is 2.38. The molecule has 0 atom stereocenters. The molecule has 1 aliphatic rings. The molecule has 0 bridgehead atoms. The highest BCUT2D eigenvalue weighted by Crippen LogP contribution is 2.03. The summed E-state index contributed by atoms with van der Waals surface area (Å²) in [6, 6.07) is 5.57. The van der Waals surface area contributed by atoms with Crippen LogP contribution in [-0.4, -0.2) is 43.9 Å². The van der Waals surface area contributed by atoms with Crippen LogP contribution in [0.15, 0.2) is 18.2 Å². The van der Waals surface area contributed by atoms with Crippen molar-refractivity contribution >= 4 is 10.2 Å². The molecular weight excluding hydrogens is 252 g/mol. The maximum absolute atomic E-state index is 12.0. The zero-order valence-corrected chi connectivity index (χ0v) is 11.2. The molecule has 2 heterocycles. The van der Waals surface area contributed by atoms with E-state index >= 15 is 0 Å². The van der Waals surface area contributed by atoms with E-state index in [0.29, 0.717) is 26.2 Å². The number of aryl methyl sites for hydroxylation is 1. The zero-order valence-electron chi connectivity index (χ0n) is 10.4. The first-order chi connectivity index (χ1) is 8.58. The summed E-state index contributed by atoms with van der Waals surface area (Å²) in [6.45, 7) is 4.53. The maximum atomic E-state index is 12.0. The molecule has 2 rings (SSSR count). The summed E-state index contributed by atoms with van der Waals surface area (Å²) in [7, 11) is -3.39. The lowest BCUT2D eigenvalue weighted by Crippen LogP contribution is -2.50. The molecule has 0 spiro atoms. The average molecular weight is 270 g/mol. The number of nitrogens with one attached hydrogen (secondary N) is 2. The lowest BCUT2D eigenvalue weighted by molar-refractivity contribution is 0.354. The molecule has 1 aromatic rings. The summed E-state index contributed by atoms with van der Waals surface area (Å²) in [5, 5.41) is 3.12. The van der Waals surface area contributed by atoms with Crippen LogP contribution in [0.5, 0.6) is 0 Å². The van der Waals surface area contributed by atoms with Gasteiger partial charge in [-0.05, 0) is 19.1 Å². The molecule has 6 nitrogen and oxygen atoms in total. The van der Waals surface area contributed by atoms with Crippen LogP contribution in [0.3, 0.4) is 0 Å². The van der Waals surface area contributed by atoms with Gasteiger partial charge in [-0.3, -0.25) is 4.98 Å². The highest BCUT2D eigenvalue weighted by atomic mass is 32.2. The van der Waals surface area contributed by atoms with Gasteiger partial charge in [-0.2, -0.15) is 17.4 Å². The SMILES string of the molecule is Cc1cccc(CNS(=O)(=O)N2CCNCC2)n1. The van der Waals surface area contributed by atoms with E-state index in [1.165, 1.54) is 4.31 Å². The van der Waals surface area contributed by atoms with E-state index in [2.05, 4.69) is 15.0 Å². The largest absolute Gasteiger partial charge is 0.314 e. The van der Waals surface area contributed by atoms with Crippen molar-refractivity contribution in [2.45, 2.75) is 13.5 Å². The van der Waals surface area contributed by atoms with Crippen molar-refractivity contribution in [3.05, 3.63) is 29.6 Å². The van der Waals surface area contributed by atoms with Gasteiger partial charge in [0.2, 0.25) is 0 Å². The van der Waals surface area contributed by atoms with Gasteiger partial charge in [-0.25, -0.2) is 0 Å². The van der Waals surface area contributed by atoms with Gasteiger partial charge in [0, 0.05) is 31.9 Å². The van der Waals surface area contributed by atoms with Crippen molar-refractivity contribution in [3.63, 3.8) is 0 Å². The van der Waals surface area contributed by atoms with Crippen LogP contribution < -0.4 is 10.0 Å². The third-order valence-corrected chi connectivity index (χ3v) is 4.35. The van der Waals surface area contributed by atoms with Crippen LogP contribution in [0.2, 0.25) is 0 Å². The number of hydrogen-bond acceptors (Lipinski definition) is 4. The fourth-order valence-electron chi connectivity index (χ4n) is 1.84. The van der Waals surface area contributed by atoms with Crippen LogP contribution in [0.4, 0.5) is 0 Å². The van der Waals surface area contributed by atoms with Gasteiger partial charge in [0.05, 0.1) is 12.2 Å². The first-order valence-corrected chi connectivity index (χ1v) is 7.40. The molecule has 1 saturated heterocycles. The van der Waals surface area contributed by atoms with Crippen LogP contribution in [-0.2, 0) is 16.8 Å². The van der Waals surface area contributed by atoms with Crippen molar-refractivity contribution in [2.75, 3.05) is 26.2 Å². The van der Waals surface area contributed by atoms with Crippen molar-refractivity contribution in [1.82, 2.24) is 19.3 Å². The van der Waals surface area contributed by atoms with Crippen molar-refractivity contribution in [2.24, 2.45) is 0 Å². The zero-order chi connectivity index (χ0) is 13.0. The van der Waals surface area contributed by atoms with E-state index in [9.17, 15) is 8.42 Å². The summed E-state index contributed by atoms with van der Waals surface area (Å²) in [5.74, 6) is 0. The lowest BCUT2D eigenvalue weighted by Gasteiger charge is -2.26. The Bertz CT molecular complexity index is 498. The van der Waals surface area contributed by atoms with E-state index in [0.717, 1.165) is 11.4 Å². The standard InChI is InChI=1S/C11H18N4O2S/c1-10-3-2-4-11(14-10)9-13-18(16,17)15-7-5-12-6-8-15/h2-4,12-13H,5-9H2,1H3. The van der Waals surface area contributed by atoms with Crippen molar-refractivity contribution < 1.29 is 8.42 Å². The Morgan fingerprint density at radius 2 is 2.11 bits per heavy atom. The van der Waals surface area contributed by atoms with Crippen molar-refractivity contribution in [1.29, 1.82) is 0 Å². The molecule has 100 valence electrons. The van der Waals surface area contributed by atoms with Gasteiger partial charge in [0.15, 0.2) is 0 Å². The highest BCUT2D eigenvalue weighted by molar-refractivity contribution is 7.87. The molecular formula is C11H18N4O2S. The minimum atomic E-state index is -3.39. The minimum Gasteiger partial charge on any atom is -0.314 e. The van der Waals surface area contributed by atoms with E-state index in [1.54, 1.807) is 0 Å². The third kappa shape index (κ3) is 3.49. The van der Waals surface area contributed by atoms with Crippen LogP contribution in [0.25, 0.3) is 0 Å². The van der Waals surface area contributed by atoms with Gasteiger partial charge in [-0.15, -0.1) is 0 Å². The Hall–Kier alpha value is -1.02. The Balaban J connectivity index is 1.96. The lowest BCUT2D eigenvalue weighted by atomic mass is 10.3. The summed E-state index contributed by atoms with van der Waals surface area (Å²) in [4.78, 5) is 4.26. The summed E-state index contributed by atoms with van der Waals surface area (Å²) >= 11 is 0. The molecule has 0 aliphatic carbocycles. The molecule has 0 saturated carbocycles. The fourth-order valence-corrected chi connectivity index (χ4v) is 3.02. The summed E-state index contributed by atoms with van der Waals surface area (Å²) < 4.78 is 28.0. The predicted molar refractivity (Wildman–Crippen MR) is 69.2 cm³/mol. The molecule has 0 aromatic carbocycles. The molecule has 1 aliphatic heterocycles. The summed E-state index contributed by atoms with van der Waals surface area (Å²) in [6.07, 6.45) is 0. The second-order valence-electron chi connectivity index (χ2n) is 4.25. The Morgan fingerprint density at radius 3 is 2.78 bits per heavy atom. The predicted octanol–water partition coefficient (Wildman–Crippen LogP) is -0.370. The highest BCUT2D eigenvalue weighted by Gasteiger charge is 2.23. The van der Waals surface area contributed by atoms with E-state index in [-0.39, 0.29) is 6.54 Å². The Kier molecular flexibility index (Phi) is 4.28. The fraction of sp³-hybridized carbons (Fsp3) is 0.545. The first-order valence-electron chi connectivity index (χ1n) is 5.96. The monoisotopic (exact) mass is 270 g/mol. The molecule has 0 radical (unpaired) electrons. The van der Waals surface area contributed by atoms with Crippen LogP contribution in [0.1, 0.15) is 11.4 Å². The van der Waals surface area contributed by atoms with E-state index in [4.69, 9.17) is 0 Å². The topological polar surface area (TPSA) is 74.3 Å². The van der Waals surface area contributed by atoms with Gasteiger partial charge in [0.1, 0.15) is 0 Å².